The van der Waals surface area contributed by atoms with Gasteiger partial charge in [0.25, 0.3) is 5.91 Å². The van der Waals surface area contributed by atoms with Crippen molar-refractivity contribution in [2.24, 2.45) is 0 Å². The molecular weight excluding hydrogens is 374 g/mol. The van der Waals surface area contributed by atoms with Gasteiger partial charge in [0.05, 0.1) is 22.0 Å². The average Bonchev–Trinajstić information content (AvgIpc) is 3.13. The Morgan fingerprint density at radius 1 is 1.18 bits per heavy atom. The van der Waals surface area contributed by atoms with Crippen molar-refractivity contribution in [2.45, 2.75) is 26.9 Å². The van der Waals surface area contributed by atoms with Crippen LogP contribution in [0.2, 0.25) is 0 Å². The maximum atomic E-state index is 12.6. The molecule has 28 heavy (non-hydrogen) atoms. The Morgan fingerprint density at radius 2 is 1.96 bits per heavy atom. The number of anilines is 1. The smallest absolute Gasteiger partial charge is 0.273 e. The zero-order valence-corrected chi connectivity index (χ0v) is 17.1. The Bertz CT molecular complexity index is 995. The highest BCUT2D eigenvalue weighted by molar-refractivity contribution is 7.09. The van der Waals surface area contributed by atoms with Crippen LogP contribution in [0.4, 0.5) is 5.69 Å². The summed E-state index contributed by atoms with van der Waals surface area (Å²) in [5.74, 6) is 0.623. The third-order valence-electron chi connectivity index (χ3n) is 4.70. The third kappa shape index (κ3) is 3.77. The van der Waals surface area contributed by atoms with E-state index in [-0.39, 0.29) is 12.0 Å². The van der Waals surface area contributed by atoms with Gasteiger partial charge in [0, 0.05) is 37.2 Å². The van der Waals surface area contributed by atoms with Gasteiger partial charge in [-0.2, -0.15) is 0 Å². The molecule has 7 nitrogen and oxygen atoms in total. The van der Waals surface area contributed by atoms with Gasteiger partial charge in [-0.05, 0) is 39.0 Å². The van der Waals surface area contributed by atoms with Crippen molar-refractivity contribution >= 4 is 33.8 Å². The van der Waals surface area contributed by atoms with E-state index < -0.39 is 0 Å². The minimum Gasteiger partial charge on any atom is -0.474 e. The molecule has 0 spiro atoms. The Balaban J connectivity index is 1.50. The van der Waals surface area contributed by atoms with E-state index in [9.17, 15) is 4.79 Å². The van der Waals surface area contributed by atoms with Crippen molar-refractivity contribution in [3.63, 3.8) is 0 Å². The number of thiazole rings is 1. The Kier molecular flexibility index (Phi) is 5.13. The number of amides is 1. The predicted molar refractivity (Wildman–Crippen MR) is 110 cm³/mol. The summed E-state index contributed by atoms with van der Waals surface area (Å²) < 4.78 is 5.84. The van der Waals surface area contributed by atoms with Gasteiger partial charge in [-0.25, -0.2) is 15.0 Å². The molecular formula is C20H23N5O2S. The minimum absolute atomic E-state index is 0.0172. The molecule has 0 saturated carbocycles. The van der Waals surface area contributed by atoms with Gasteiger partial charge in [0.1, 0.15) is 12.0 Å². The topological polar surface area (TPSA) is 71.5 Å². The molecule has 4 rings (SSSR count). The SMILES string of the molecule is Cc1nc(C(=O)N2CCN(c3ccc4ncnc(OC(C)C)c4c3)CC2)cs1. The molecule has 0 atom stereocenters. The largest absolute Gasteiger partial charge is 0.474 e. The Hall–Kier alpha value is -2.74. The first kappa shape index (κ1) is 18.6. The first-order valence-corrected chi connectivity index (χ1v) is 10.3. The van der Waals surface area contributed by atoms with E-state index in [1.165, 1.54) is 17.7 Å². The van der Waals surface area contributed by atoms with E-state index in [0.717, 1.165) is 34.7 Å². The van der Waals surface area contributed by atoms with E-state index in [2.05, 4.69) is 32.0 Å². The van der Waals surface area contributed by atoms with Crippen LogP contribution in [-0.4, -0.2) is 58.0 Å². The van der Waals surface area contributed by atoms with Crippen molar-refractivity contribution in [3.8, 4) is 5.88 Å². The molecule has 0 unspecified atom stereocenters. The highest BCUT2D eigenvalue weighted by Crippen LogP contribution is 2.28. The molecule has 1 fully saturated rings. The van der Waals surface area contributed by atoms with Crippen LogP contribution in [0.15, 0.2) is 29.9 Å². The number of aryl methyl sites for hydroxylation is 1. The second-order valence-electron chi connectivity index (χ2n) is 7.08. The zero-order chi connectivity index (χ0) is 19.7. The molecule has 146 valence electrons. The maximum absolute atomic E-state index is 12.6. The molecule has 1 aliphatic rings. The summed E-state index contributed by atoms with van der Waals surface area (Å²) in [5, 5.41) is 3.66. The molecule has 1 aliphatic heterocycles. The lowest BCUT2D eigenvalue weighted by Crippen LogP contribution is -2.48. The molecule has 0 bridgehead atoms. The van der Waals surface area contributed by atoms with Gasteiger partial charge in [0.2, 0.25) is 5.88 Å². The van der Waals surface area contributed by atoms with Gasteiger partial charge in [-0.15, -0.1) is 11.3 Å². The van der Waals surface area contributed by atoms with Crippen molar-refractivity contribution in [1.82, 2.24) is 19.9 Å². The lowest BCUT2D eigenvalue weighted by molar-refractivity contribution is 0.0741. The molecule has 3 aromatic rings. The molecule has 1 aromatic carbocycles. The summed E-state index contributed by atoms with van der Waals surface area (Å²) in [4.78, 5) is 29.7. The number of ether oxygens (including phenoxy) is 1. The monoisotopic (exact) mass is 397 g/mol. The van der Waals surface area contributed by atoms with Gasteiger partial charge < -0.3 is 14.5 Å². The van der Waals surface area contributed by atoms with Gasteiger partial charge in [0.15, 0.2) is 0 Å². The molecule has 1 saturated heterocycles. The maximum Gasteiger partial charge on any atom is 0.273 e. The quantitative estimate of drug-likeness (QED) is 0.674. The van der Waals surface area contributed by atoms with Gasteiger partial charge in [-0.3, -0.25) is 4.79 Å². The summed E-state index contributed by atoms with van der Waals surface area (Å²) in [6.07, 6.45) is 1.58. The number of nitrogens with zero attached hydrogens (tertiary/aromatic N) is 5. The lowest BCUT2D eigenvalue weighted by Gasteiger charge is -2.36. The van der Waals surface area contributed by atoms with Crippen LogP contribution in [-0.2, 0) is 0 Å². The summed E-state index contributed by atoms with van der Waals surface area (Å²) in [5.41, 5.74) is 2.50. The second kappa shape index (κ2) is 7.71. The van der Waals surface area contributed by atoms with Crippen molar-refractivity contribution < 1.29 is 9.53 Å². The third-order valence-corrected chi connectivity index (χ3v) is 5.47. The molecule has 0 aliphatic carbocycles. The normalized spacial score (nSPS) is 14.7. The lowest BCUT2D eigenvalue weighted by atomic mass is 10.2. The molecule has 2 aromatic heterocycles. The van der Waals surface area contributed by atoms with Crippen LogP contribution in [0.1, 0.15) is 29.3 Å². The van der Waals surface area contributed by atoms with Crippen LogP contribution in [0.5, 0.6) is 5.88 Å². The first-order chi connectivity index (χ1) is 13.5. The van der Waals surface area contributed by atoms with Crippen LogP contribution < -0.4 is 9.64 Å². The number of benzene rings is 1. The number of carbonyl (C=O) groups is 1. The fourth-order valence-corrected chi connectivity index (χ4v) is 3.91. The summed E-state index contributed by atoms with van der Waals surface area (Å²) >= 11 is 1.51. The predicted octanol–water partition coefficient (Wildman–Crippen LogP) is 3.14. The molecule has 0 N–H and O–H groups in total. The number of hydrogen-bond acceptors (Lipinski definition) is 7. The van der Waals surface area contributed by atoms with E-state index in [1.54, 1.807) is 0 Å². The van der Waals surface area contributed by atoms with Crippen molar-refractivity contribution in [2.75, 3.05) is 31.1 Å². The van der Waals surface area contributed by atoms with Crippen LogP contribution in [0.3, 0.4) is 0 Å². The number of aromatic nitrogens is 3. The van der Waals surface area contributed by atoms with E-state index in [4.69, 9.17) is 4.74 Å². The highest BCUT2D eigenvalue weighted by atomic mass is 32.1. The fraction of sp³-hybridized carbons (Fsp3) is 0.400. The number of hydrogen-bond donors (Lipinski definition) is 0. The minimum atomic E-state index is 0.0172. The van der Waals surface area contributed by atoms with Crippen LogP contribution >= 0.6 is 11.3 Å². The van der Waals surface area contributed by atoms with E-state index >= 15 is 0 Å². The average molecular weight is 398 g/mol. The number of fused-ring (bicyclic) bond motifs is 1. The second-order valence-corrected chi connectivity index (χ2v) is 8.14. The Labute approximate surface area is 168 Å². The molecule has 3 heterocycles. The van der Waals surface area contributed by atoms with E-state index in [0.29, 0.717) is 24.7 Å². The zero-order valence-electron chi connectivity index (χ0n) is 16.3. The summed E-state index contributed by atoms with van der Waals surface area (Å²) in [7, 11) is 0. The summed E-state index contributed by atoms with van der Waals surface area (Å²) in [6.45, 7) is 8.78. The van der Waals surface area contributed by atoms with Gasteiger partial charge in [-0.1, -0.05) is 0 Å². The van der Waals surface area contributed by atoms with Crippen LogP contribution in [0.25, 0.3) is 10.9 Å². The fourth-order valence-electron chi connectivity index (χ4n) is 3.33. The first-order valence-electron chi connectivity index (χ1n) is 9.39. The number of piperazine rings is 1. The molecule has 0 radical (unpaired) electrons. The molecule has 8 heteroatoms. The van der Waals surface area contributed by atoms with Crippen LogP contribution in [0, 0.1) is 6.92 Å². The number of rotatable bonds is 4. The Morgan fingerprint density at radius 3 is 2.64 bits per heavy atom. The van der Waals surface area contributed by atoms with E-state index in [1.807, 2.05) is 37.1 Å². The van der Waals surface area contributed by atoms with Gasteiger partial charge >= 0.3 is 0 Å². The number of carbonyl (C=O) groups excluding carboxylic acids is 1. The van der Waals surface area contributed by atoms with Crippen molar-refractivity contribution in [3.05, 3.63) is 40.6 Å². The highest BCUT2D eigenvalue weighted by Gasteiger charge is 2.24. The standard InChI is InChI=1S/C20H23N5O2S/c1-13(2)27-19-16-10-15(4-5-17(16)21-12-22-19)24-6-8-25(9-7-24)20(26)18-11-28-14(3)23-18/h4-5,10-13H,6-9H2,1-3H3. The van der Waals surface area contributed by atoms with Crippen molar-refractivity contribution in [1.29, 1.82) is 0 Å². The molecule has 1 amide bonds. The summed E-state index contributed by atoms with van der Waals surface area (Å²) in [6, 6.07) is 6.14.